The maximum absolute atomic E-state index is 12.6. The molecule has 0 aliphatic carbocycles. The zero-order chi connectivity index (χ0) is 16.2. The zero-order valence-electron chi connectivity index (χ0n) is 12.9. The smallest absolute Gasteiger partial charge is 0.234 e. The average Bonchev–Trinajstić information content (AvgIpc) is 2.56. The molecule has 0 fully saturated rings. The number of thioether (sulfide) groups is 1. The van der Waals surface area contributed by atoms with Crippen LogP contribution in [0.4, 0.5) is 11.4 Å². The van der Waals surface area contributed by atoms with E-state index in [1.807, 2.05) is 55.5 Å². The Morgan fingerprint density at radius 2 is 2.00 bits per heavy atom. The normalized spacial score (nSPS) is 13.2. The van der Waals surface area contributed by atoms with Gasteiger partial charge in [0.1, 0.15) is 0 Å². The number of anilines is 2. The van der Waals surface area contributed by atoms with Gasteiger partial charge in [0.2, 0.25) is 11.8 Å². The minimum atomic E-state index is 0.00504. The highest BCUT2D eigenvalue weighted by Gasteiger charge is 2.18. The fourth-order valence-corrected chi connectivity index (χ4v) is 3.41. The van der Waals surface area contributed by atoms with Gasteiger partial charge >= 0.3 is 0 Å². The molecule has 3 rings (SSSR count). The van der Waals surface area contributed by atoms with Crippen LogP contribution in [-0.2, 0) is 16.0 Å². The number of hydrogen-bond acceptors (Lipinski definition) is 3. The van der Waals surface area contributed by atoms with Crippen LogP contribution >= 0.6 is 11.8 Å². The van der Waals surface area contributed by atoms with Crippen molar-refractivity contribution in [3.05, 3.63) is 54.1 Å². The molecule has 0 bridgehead atoms. The van der Waals surface area contributed by atoms with E-state index >= 15 is 0 Å². The molecule has 2 aromatic carbocycles. The van der Waals surface area contributed by atoms with E-state index < -0.39 is 0 Å². The molecule has 1 N–H and O–H groups in total. The monoisotopic (exact) mass is 326 g/mol. The Bertz CT molecular complexity index is 731. The van der Waals surface area contributed by atoms with Crippen molar-refractivity contribution in [3.8, 4) is 0 Å². The van der Waals surface area contributed by atoms with Crippen molar-refractivity contribution in [1.82, 2.24) is 0 Å². The lowest BCUT2D eigenvalue weighted by atomic mass is 10.1. The maximum atomic E-state index is 12.6. The molecule has 1 aliphatic rings. The summed E-state index contributed by atoms with van der Waals surface area (Å²) >= 11 is 1.52. The Hall–Kier alpha value is -2.27. The van der Waals surface area contributed by atoms with E-state index in [1.54, 1.807) is 4.90 Å². The van der Waals surface area contributed by atoms with Crippen molar-refractivity contribution >= 4 is 35.0 Å². The van der Waals surface area contributed by atoms with Crippen LogP contribution in [-0.4, -0.2) is 24.1 Å². The van der Waals surface area contributed by atoms with E-state index in [0.717, 1.165) is 21.8 Å². The highest BCUT2D eigenvalue weighted by Crippen LogP contribution is 2.32. The van der Waals surface area contributed by atoms with Gasteiger partial charge in [0, 0.05) is 17.1 Å². The summed E-state index contributed by atoms with van der Waals surface area (Å²) in [5.41, 5.74) is 2.62. The molecule has 4 nitrogen and oxygen atoms in total. The average molecular weight is 326 g/mol. The molecular formula is C18H18N2O2S. The van der Waals surface area contributed by atoms with Gasteiger partial charge in [0.15, 0.2) is 0 Å². The molecule has 2 aromatic rings. The molecule has 1 aliphatic heterocycles. The second-order valence-corrected chi connectivity index (χ2v) is 6.33. The summed E-state index contributed by atoms with van der Waals surface area (Å²) < 4.78 is 0. The fourth-order valence-electron chi connectivity index (χ4n) is 2.62. The van der Waals surface area contributed by atoms with Gasteiger partial charge in [0.05, 0.1) is 17.9 Å². The Morgan fingerprint density at radius 1 is 1.22 bits per heavy atom. The minimum absolute atomic E-state index is 0.00504. The summed E-state index contributed by atoms with van der Waals surface area (Å²) in [6.07, 6.45) is 0.316. The molecule has 0 atom stereocenters. The van der Waals surface area contributed by atoms with E-state index in [4.69, 9.17) is 0 Å². The van der Waals surface area contributed by atoms with Crippen molar-refractivity contribution < 1.29 is 9.59 Å². The van der Waals surface area contributed by atoms with Gasteiger partial charge in [-0.05, 0) is 36.8 Å². The highest BCUT2D eigenvalue weighted by atomic mass is 32.2. The largest absolute Gasteiger partial charge is 0.324 e. The predicted molar refractivity (Wildman–Crippen MR) is 94.0 cm³/mol. The number of hydrogen-bond donors (Lipinski definition) is 1. The molecule has 0 aromatic heterocycles. The standard InChI is InChI=1S/C18H18N2O2S/c1-2-20(14-6-4-3-5-7-14)18(22)11-13-8-9-16-15(10-13)19-17(21)12-23-16/h3-10H,2,11-12H2,1H3,(H,19,21). The Balaban J connectivity index is 1.77. The number of amides is 2. The lowest BCUT2D eigenvalue weighted by Gasteiger charge is -2.22. The summed E-state index contributed by atoms with van der Waals surface area (Å²) in [7, 11) is 0. The summed E-state index contributed by atoms with van der Waals surface area (Å²) in [5.74, 6) is 0.502. The molecule has 5 heteroatoms. The first-order valence-corrected chi connectivity index (χ1v) is 8.57. The van der Waals surface area contributed by atoms with E-state index in [1.165, 1.54) is 11.8 Å². The van der Waals surface area contributed by atoms with Crippen LogP contribution in [0.15, 0.2) is 53.4 Å². The maximum Gasteiger partial charge on any atom is 0.234 e. The van der Waals surface area contributed by atoms with Crippen LogP contribution in [0.3, 0.4) is 0 Å². The number of rotatable bonds is 4. The van der Waals surface area contributed by atoms with Gasteiger partial charge in [-0.2, -0.15) is 0 Å². The fraction of sp³-hybridized carbons (Fsp3) is 0.222. The van der Waals surface area contributed by atoms with E-state index in [9.17, 15) is 9.59 Å². The van der Waals surface area contributed by atoms with Gasteiger partial charge in [0.25, 0.3) is 0 Å². The number of likely N-dealkylation sites (N-methyl/N-ethyl adjacent to an activating group) is 1. The molecule has 0 saturated carbocycles. The Labute approximate surface area is 139 Å². The van der Waals surface area contributed by atoms with Crippen LogP contribution in [0.5, 0.6) is 0 Å². The van der Waals surface area contributed by atoms with Gasteiger partial charge in [-0.1, -0.05) is 24.3 Å². The number of carbonyl (C=O) groups is 2. The zero-order valence-corrected chi connectivity index (χ0v) is 13.7. The van der Waals surface area contributed by atoms with Crippen LogP contribution in [0.25, 0.3) is 0 Å². The van der Waals surface area contributed by atoms with Gasteiger partial charge in [-0.25, -0.2) is 0 Å². The number of nitrogens with one attached hydrogen (secondary N) is 1. The molecule has 1 heterocycles. The summed E-state index contributed by atoms with van der Waals surface area (Å²) in [6.45, 7) is 2.59. The SMILES string of the molecule is CCN(C(=O)Cc1ccc2c(c1)NC(=O)CS2)c1ccccc1. The van der Waals surface area contributed by atoms with E-state index in [2.05, 4.69) is 5.32 Å². The highest BCUT2D eigenvalue weighted by molar-refractivity contribution is 8.00. The second kappa shape index (κ2) is 6.87. The van der Waals surface area contributed by atoms with Crippen molar-refractivity contribution in [1.29, 1.82) is 0 Å². The van der Waals surface area contributed by atoms with E-state index in [0.29, 0.717) is 18.7 Å². The molecule has 2 amide bonds. The van der Waals surface area contributed by atoms with Crippen LogP contribution in [0, 0.1) is 0 Å². The Kier molecular flexibility index (Phi) is 4.67. The van der Waals surface area contributed by atoms with Crippen molar-refractivity contribution in [2.75, 3.05) is 22.5 Å². The number of nitrogens with zero attached hydrogens (tertiary/aromatic N) is 1. The quantitative estimate of drug-likeness (QED) is 0.937. The second-order valence-electron chi connectivity index (χ2n) is 5.32. The number of para-hydroxylation sites is 1. The minimum Gasteiger partial charge on any atom is -0.324 e. The van der Waals surface area contributed by atoms with Crippen LogP contribution < -0.4 is 10.2 Å². The summed E-state index contributed by atoms with van der Waals surface area (Å²) in [6, 6.07) is 15.5. The third-order valence-corrected chi connectivity index (χ3v) is 4.79. The molecular weight excluding hydrogens is 308 g/mol. The number of fused-ring (bicyclic) bond motifs is 1. The lowest BCUT2D eigenvalue weighted by Crippen LogP contribution is -2.32. The van der Waals surface area contributed by atoms with E-state index in [-0.39, 0.29) is 11.8 Å². The van der Waals surface area contributed by atoms with Gasteiger partial charge in [-0.15, -0.1) is 11.8 Å². The third kappa shape index (κ3) is 3.56. The van der Waals surface area contributed by atoms with Crippen molar-refractivity contribution in [2.45, 2.75) is 18.2 Å². The van der Waals surface area contributed by atoms with Gasteiger partial charge in [-0.3, -0.25) is 9.59 Å². The first kappa shape index (κ1) is 15.6. The molecule has 0 spiro atoms. The lowest BCUT2D eigenvalue weighted by molar-refractivity contribution is -0.118. The van der Waals surface area contributed by atoms with Crippen molar-refractivity contribution in [3.63, 3.8) is 0 Å². The predicted octanol–water partition coefficient (Wildman–Crippen LogP) is 3.33. The Morgan fingerprint density at radius 3 is 2.74 bits per heavy atom. The van der Waals surface area contributed by atoms with Crippen molar-refractivity contribution in [2.24, 2.45) is 0 Å². The third-order valence-electron chi connectivity index (χ3n) is 3.72. The topological polar surface area (TPSA) is 49.4 Å². The summed E-state index contributed by atoms with van der Waals surface area (Å²) in [5, 5.41) is 2.86. The first-order valence-electron chi connectivity index (χ1n) is 7.58. The summed E-state index contributed by atoms with van der Waals surface area (Å²) in [4.78, 5) is 26.9. The molecule has 0 radical (unpaired) electrons. The van der Waals surface area contributed by atoms with Crippen LogP contribution in [0.1, 0.15) is 12.5 Å². The molecule has 118 valence electrons. The molecule has 0 saturated heterocycles. The first-order chi connectivity index (χ1) is 11.2. The molecule has 23 heavy (non-hydrogen) atoms. The number of benzene rings is 2. The van der Waals surface area contributed by atoms with Crippen LogP contribution in [0.2, 0.25) is 0 Å². The number of carbonyl (C=O) groups excluding carboxylic acids is 2. The van der Waals surface area contributed by atoms with Gasteiger partial charge < -0.3 is 10.2 Å². The molecule has 0 unspecified atom stereocenters.